The molecule has 6 heteroatoms. The average molecular weight is 409 g/mol. The third kappa shape index (κ3) is 4.29. The lowest BCUT2D eigenvalue weighted by atomic mass is 10.1. The Morgan fingerprint density at radius 1 is 1.13 bits per heavy atom. The second-order valence-corrected chi connectivity index (χ2v) is 8.57. The minimum absolute atomic E-state index is 0.0198. The normalized spacial score (nSPS) is 22.2. The smallest absolute Gasteiger partial charge is 0.255 e. The van der Waals surface area contributed by atoms with Crippen molar-refractivity contribution in [2.24, 2.45) is 0 Å². The highest BCUT2D eigenvalue weighted by molar-refractivity contribution is 5.94. The van der Waals surface area contributed by atoms with E-state index in [4.69, 9.17) is 4.74 Å². The number of para-hydroxylation sites is 1. The molecule has 0 unspecified atom stereocenters. The number of benzene rings is 1. The summed E-state index contributed by atoms with van der Waals surface area (Å²) in [6.07, 6.45) is 5.07. The number of carbonyl (C=O) groups is 1. The predicted octanol–water partition coefficient (Wildman–Crippen LogP) is 3.79. The maximum Gasteiger partial charge on any atom is 0.255 e. The lowest BCUT2D eigenvalue weighted by Crippen LogP contribution is -2.48. The van der Waals surface area contributed by atoms with E-state index in [0.717, 1.165) is 37.2 Å². The lowest BCUT2D eigenvalue weighted by molar-refractivity contribution is 0.0633. The van der Waals surface area contributed by atoms with Crippen LogP contribution in [0.2, 0.25) is 0 Å². The molecule has 4 rings (SSSR count). The first kappa shape index (κ1) is 20.7. The fourth-order valence-corrected chi connectivity index (χ4v) is 5.00. The van der Waals surface area contributed by atoms with Gasteiger partial charge in [-0.1, -0.05) is 18.2 Å². The standard InChI is InChI=1S/C24H32N4O2/c1-17(2)28-20-9-10-21(28)16-27(24(29)18-8-11-23(30-3)26-14-18)15-19-6-4-5-7-22(19)25-13-12-20/h4-8,11,14,17,20-21,25H,9-10,12-13,15-16H2,1-3H3/t20-,21+/m1/s1. The Bertz CT molecular complexity index is 868. The van der Waals surface area contributed by atoms with Crippen LogP contribution in [-0.4, -0.2) is 59.0 Å². The molecule has 1 saturated heterocycles. The molecule has 0 spiro atoms. The van der Waals surface area contributed by atoms with E-state index in [1.165, 1.54) is 6.42 Å². The number of nitrogens with zero attached hydrogens (tertiary/aromatic N) is 3. The zero-order chi connectivity index (χ0) is 21.1. The van der Waals surface area contributed by atoms with Crippen LogP contribution in [0.4, 0.5) is 5.69 Å². The molecular formula is C24H32N4O2. The number of nitrogens with one attached hydrogen (secondary N) is 1. The molecule has 1 fully saturated rings. The van der Waals surface area contributed by atoms with E-state index in [2.05, 4.69) is 47.2 Å². The Morgan fingerprint density at radius 2 is 1.93 bits per heavy atom. The van der Waals surface area contributed by atoms with Crippen LogP contribution in [0, 0.1) is 0 Å². The van der Waals surface area contributed by atoms with Crippen LogP contribution in [-0.2, 0) is 6.54 Å². The average Bonchev–Trinajstić information content (AvgIpc) is 3.14. The molecule has 30 heavy (non-hydrogen) atoms. The molecule has 1 aromatic heterocycles. The summed E-state index contributed by atoms with van der Waals surface area (Å²) in [4.78, 5) is 22.4. The van der Waals surface area contributed by atoms with E-state index in [1.54, 1.807) is 25.4 Å². The van der Waals surface area contributed by atoms with Gasteiger partial charge in [-0.15, -0.1) is 0 Å². The Kier molecular flexibility index (Phi) is 6.23. The van der Waals surface area contributed by atoms with Gasteiger partial charge in [0.25, 0.3) is 5.91 Å². The molecule has 2 aromatic rings. The highest BCUT2D eigenvalue weighted by atomic mass is 16.5. The van der Waals surface area contributed by atoms with Gasteiger partial charge >= 0.3 is 0 Å². The SMILES string of the molecule is COc1ccc(C(=O)N2Cc3ccccc3NCC[C@H]3CC[C@@H](C2)N3C(C)C)cn1. The van der Waals surface area contributed by atoms with Crippen LogP contribution in [0.1, 0.15) is 49.0 Å². The first-order chi connectivity index (χ1) is 14.6. The fourth-order valence-electron chi connectivity index (χ4n) is 5.00. The Hall–Kier alpha value is -2.60. The van der Waals surface area contributed by atoms with Gasteiger partial charge in [0.2, 0.25) is 5.88 Å². The maximum atomic E-state index is 13.5. The Balaban J connectivity index is 1.67. The van der Waals surface area contributed by atoms with Gasteiger partial charge < -0.3 is 15.0 Å². The summed E-state index contributed by atoms with van der Waals surface area (Å²) in [6, 6.07) is 13.3. The van der Waals surface area contributed by atoms with Crippen LogP contribution < -0.4 is 10.1 Å². The van der Waals surface area contributed by atoms with Crippen LogP contribution in [0.15, 0.2) is 42.6 Å². The molecule has 160 valence electrons. The van der Waals surface area contributed by atoms with Crippen LogP contribution >= 0.6 is 0 Å². The topological polar surface area (TPSA) is 57.7 Å². The zero-order valence-corrected chi connectivity index (χ0v) is 18.2. The number of hydrogen-bond donors (Lipinski definition) is 1. The van der Waals surface area contributed by atoms with Crippen LogP contribution in [0.3, 0.4) is 0 Å². The Labute approximate surface area is 179 Å². The molecule has 1 N–H and O–H groups in total. The number of methoxy groups -OCH3 is 1. The molecule has 2 bridgehead atoms. The van der Waals surface area contributed by atoms with E-state index < -0.39 is 0 Å². The minimum Gasteiger partial charge on any atom is -0.481 e. The molecule has 3 heterocycles. The quantitative estimate of drug-likeness (QED) is 0.837. The fraction of sp³-hybridized carbons (Fsp3) is 0.500. The summed E-state index contributed by atoms with van der Waals surface area (Å²) in [5.41, 5.74) is 2.87. The van der Waals surface area contributed by atoms with Crippen molar-refractivity contribution in [3.8, 4) is 5.88 Å². The van der Waals surface area contributed by atoms with E-state index in [-0.39, 0.29) is 5.91 Å². The Morgan fingerprint density at radius 3 is 2.67 bits per heavy atom. The molecule has 0 saturated carbocycles. The molecule has 0 aliphatic carbocycles. The van der Waals surface area contributed by atoms with Gasteiger partial charge in [0.1, 0.15) is 0 Å². The molecule has 1 aromatic carbocycles. The third-order valence-corrected chi connectivity index (χ3v) is 6.36. The van der Waals surface area contributed by atoms with E-state index in [9.17, 15) is 4.79 Å². The summed E-state index contributed by atoms with van der Waals surface area (Å²) in [5, 5.41) is 3.62. The summed E-state index contributed by atoms with van der Waals surface area (Å²) >= 11 is 0. The van der Waals surface area contributed by atoms with Gasteiger partial charge in [-0.2, -0.15) is 0 Å². The van der Waals surface area contributed by atoms with Gasteiger partial charge in [-0.3, -0.25) is 9.69 Å². The van der Waals surface area contributed by atoms with Crippen molar-refractivity contribution < 1.29 is 9.53 Å². The second kappa shape index (κ2) is 9.04. The lowest BCUT2D eigenvalue weighted by Gasteiger charge is -2.36. The molecule has 6 nitrogen and oxygen atoms in total. The maximum absolute atomic E-state index is 13.5. The number of carbonyl (C=O) groups excluding carboxylic acids is 1. The van der Waals surface area contributed by atoms with Gasteiger partial charge in [-0.25, -0.2) is 4.98 Å². The second-order valence-electron chi connectivity index (χ2n) is 8.57. The van der Waals surface area contributed by atoms with Crippen molar-refractivity contribution in [1.29, 1.82) is 0 Å². The summed E-state index contributed by atoms with van der Waals surface area (Å²) in [5.74, 6) is 0.537. The third-order valence-electron chi connectivity index (χ3n) is 6.36. The number of ether oxygens (including phenoxy) is 1. The monoisotopic (exact) mass is 408 g/mol. The first-order valence-electron chi connectivity index (χ1n) is 11.0. The molecular weight excluding hydrogens is 376 g/mol. The number of hydrogen-bond acceptors (Lipinski definition) is 5. The highest BCUT2D eigenvalue weighted by Gasteiger charge is 2.37. The number of fused-ring (bicyclic) bond motifs is 3. The number of aromatic nitrogens is 1. The molecule has 2 atom stereocenters. The number of anilines is 1. The van der Waals surface area contributed by atoms with Crippen molar-refractivity contribution in [2.75, 3.05) is 25.5 Å². The molecule has 2 aliphatic heterocycles. The number of amides is 1. The first-order valence-corrected chi connectivity index (χ1v) is 11.0. The van der Waals surface area contributed by atoms with Gasteiger partial charge in [0.15, 0.2) is 0 Å². The van der Waals surface area contributed by atoms with Crippen molar-refractivity contribution in [3.05, 3.63) is 53.7 Å². The number of pyridine rings is 1. The van der Waals surface area contributed by atoms with Crippen molar-refractivity contribution in [2.45, 2.75) is 57.8 Å². The van der Waals surface area contributed by atoms with Crippen molar-refractivity contribution >= 4 is 11.6 Å². The largest absolute Gasteiger partial charge is 0.481 e. The molecule has 0 radical (unpaired) electrons. The molecule has 2 aliphatic rings. The van der Waals surface area contributed by atoms with Crippen LogP contribution in [0.25, 0.3) is 0 Å². The van der Waals surface area contributed by atoms with Gasteiger partial charge in [-0.05, 0) is 50.8 Å². The van der Waals surface area contributed by atoms with E-state index in [0.29, 0.717) is 36.1 Å². The van der Waals surface area contributed by atoms with Crippen molar-refractivity contribution in [3.63, 3.8) is 0 Å². The van der Waals surface area contributed by atoms with E-state index in [1.807, 2.05) is 11.0 Å². The predicted molar refractivity (Wildman–Crippen MR) is 119 cm³/mol. The minimum atomic E-state index is 0.0198. The van der Waals surface area contributed by atoms with Gasteiger partial charge in [0.05, 0.1) is 12.7 Å². The summed E-state index contributed by atoms with van der Waals surface area (Å²) < 4.78 is 5.15. The van der Waals surface area contributed by atoms with Gasteiger partial charge in [0, 0.05) is 55.7 Å². The van der Waals surface area contributed by atoms with Crippen LogP contribution in [0.5, 0.6) is 5.88 Å². The number of rotatable bonds is 3. The molecule has 1 amide bonds. The summed E-state index contributed by atoms with van der Waals surface area (Å²) in [7, 11) is 1.58. The van der Waals surface area contributed by atoms with Crippen molar-refractivity contribution in [1.82, 2.24) is 14.8 Å². The zero-order valence-electron chi connectivity index (χ0n) is 18.2. The summed E-state index contributed by atoms with van der Waals surface area (Å²) in [6.45, 7) is 6.81. The highest BCUT2D eigenvalue weighted by Crippen LogP contribution is 2.31. The van der Waals surface area contributed by atoms with E-state index >= 15 is 0 Å².